The summed E-state index contributed by atoms with van der Waals surface area (Å²) >= 11 is 1.41. The summed E-state index contributed by atoms with van der Waals surface area (Å²) < 4.78 is 19.5. The number of benzene rings is 2. The molecular weight excluding hydrogens is 465 g/mol. The number of halogens is 1. The zero-order valence-electron chi connectivity index (χ0n) is 20.2. The van der Waals surface area contributed by atoms with E-state index in [-0.39, 0.29) is 30.8 Å². The number of thioether (sulfide) groups is 1. The number of carbonyl (C=O) groups excluding carboxylic acids is 2. The minimum Gasteiger partial charge on any atom is -0.459 e. The molecule has 2 aromatic carbocycles. The molecule has 0 fully saturated rings. The van der Waals surface area contributed by atoms with Crippen molar-refractivity contribution in [1.29, 1.82) is 0 Å². The van der Waals surface area contributed by atoms with Gasteiger partial charge >= 0.3 is 5.97 Å². The second-order valence-corrected chi connectivity index (χ2v) is 9.64. The van der Waals surface area contributed by atoms with E-state index in [4.69, 9.17) is 4.74 Å². The number of aliphatic imine (C=N–C) groups is 1. The van der Waals surface area contributed by atoms with E-state index in [9.17, 15) is 14.0 Å². The second kappa shape index (κ2) is 10.5. The molecule has 2 aromatic rings. The summed E-state index contributed by atoms with van der Waals surface area (Å²) in [5.41, 5.74) is 4.19. The maximum absolute atomic E-state index is 13.9. The molecule has 0 saturated heterocycles. The molecule has 4 rings (SSSR count). The zero-order valence-corrected chi connectivity index (χ0v) is 21.0. The minimum absolute atomic E-state index is 0.0639. The van der Waals surface area contributed by atoms with Crippen LogP contribution in [-0.2, 0) is 20.9 Å². The van der Waals surface area contributed by atoms with Crippen LogP contribution in [0.3, 0.4) is 0 Å². The van der Waals surface area contributed by atoms with Crippen LogP contribution in [-0.4, -0.2) is 28.0 Å². The number of rotatable bonds is 7. The summed E-state index contributed by atoms with van der Waals surface area (Å²) in [6, 6.07) is 13.8. The van der Waals surface area contributed by atoms with Crippen LogP contribution < -0.4 is 5.32 Å². The third-order valence-corrected chi connectivity index (χ3v) is 6.62. The zero-order chi connectivity index (χ0) is 25.1. The molecule has 1 atom stereocenters. The summed E-state index contributed by atoms with van der Waals surface area (Å²) in [6.45, 7) is 7.52. The molecule has 0 bridgehead atoms. The van der Waals surface area contributed by atoms with E-state index >= 15 is 0 Å². The Morgan fingerprint density at radius 3 is 2.54 bits per heavy atom. The Labute approximate surface area is 209 Å². The van der Waals surface area contributed by atoms with E-state index in [0.717, 1.165) is 11.1 Å². The van der Waals surface area contributed by atoms with Gasteiger partial charge in [0.25, 0.3) is 0 Å². The van der Waals surface area contributed by atoms with E-state index in [2.05, 4.69) is 10.3 Å². The van der Waals surface area contributed by atoms with E-state index < -0.39 is 12.0 Å². The van der Waals surface area contributed by atoms with Gasteiger partial charge < -0.3 is 15.0 Å². The number of hydrogen-bond donors (Lipinski definition) is 1. The van der Waals surface area contributed by atoms with Gasteiger partial charge in [-0.05, 0) is 44.7 Å². The molecule has 0 saturated carbocycles. The molecule has 1 amide bonds. The minimum atomic E-state index is -0.477. The third kappa shape index (κ3) is 5.48. The summed E-state index contributed by atoms with van der Waals surface area (Å²) in [6.07, 6.45) is -0.215. The number of carbonyl (C=O) groups is 2. The average molecular weight is 494 g/mol. The standard InChI is InChI=1S/C27H28FN3O3S/c1-16(2)34-26(33)24-18(4)30-27-31(25(24)19-11-9-17(3)10-12-19)21(15-35-27)13-23(32)29-14-20-7-5-6-8-22(20)28/h5-12,15-16,25H,13-14H2,1-4H3,(H,29,32)/t25-/m0/s1. The highest BCUT2D eigenvalue weighted by Crippen LogP contribution is 2.44. The van der Waals surface area contributed by atoms with Crippen molar-refractivity contribution >= 4 is 28.8 Å². The van der Waals surface area contributed by atoms with Crippen molar-refractivity contribution in [2.45, 2.75) is 52.8 Å². The Balaban J connectivity index is 1.61. The van der Waals surface area contributed by atoms with Crippen LogP contribution in [0, 0.1) is 12.7 Å². The van der Waals surface area contributed by atoms with Crippen LogP contribution in [0.25, 0.3) is 0 Å². The number of nitrogens with zero attached hydrogens (tertiary/aromatic N) is 2. The fourth-order valence-corrected chi connectivity index (χ4v) is 5.00. The van der Waals surface area contributed by atoms with E-state index in [0.29, 0.717) is 27.7 Å². The van der Waals surface area contributed by atoms with Crippen LogP contribution in [0.1, 0.15) is 49.9 Å². The first-order chi connectivity index (χ1) is 16.7. The Kier molecular flexibility index (Phi) is 7.40. The summed E-state index contributed by atoms with van der Waals surface area (Å²) in [7, 11) is 0. The van der Waals surface area contributed by atoms with Gasteiger partial charge in [-0.3, -0.25) is 4.79 Å². The van der Waals surface area contributed by atoms with Gasteiger partial charge in [0.2, 0.25) is 5.91 Å². The van der Waals surface area contributed by atoms with E-state index in [1.165, 1.54) is 17.8 Å². The monoisotopic (exact) mass is 493 g/mol. The normalized spacial score (nSPS) is 17.2. The van der Waals surface area contributed by atoms with Crippen molar-refractivity contribution in [2.75, 3.05) is 0 Å². The van der Waals surface area contributed by atoms with Gasteiger partial charge in [-0.2, -0.15) is 0 Å². The second-order valence-electron chi connectivity index (χ2n) is 8.80. The van der Waals surface area contributed by atoms with Crippen LogP contribution in [0.2, 0.25) is 0 Å². The van der Waals surface area contributed by atoms with Crippen molar-refractivity contribution in [3.05, 3.63) is 93.4 Å². The van der Waals surface area contributed by atoms with Crippen molar-refractivity contribution in [3.63, 3.8) is 0 Å². The number of esters is 1. The number of aryl methyl sites for hydroxylation is 1. The molecule has 0 spiro atoms. The van der Waals surface area contributed by atoms with Crippen LogP contribution in [0.15, 0.2) is 75.9 Å². The van der Waals surface area contributed by atoms with Crippen molar-refractivity contribution < 1.29 is 18.7 Å². The van der Waals surface area contributed by atoms with Crippen LogP contribution in [0.5, 0.6) is 0 Å². The molecule has 2 aliphatic heterocycles. The number of allylic oxidation sites excluding steroid dienone is 1. The highest BCUT2D eigenvalue weighted by molar-refractivity contribution is 8.16. The Morgan fingerprint density at radius 2 is 1.86 bits per heavy atom. The first kappa shape index (κ1) is 24.7. The maximum Gasteiger partial charge on any atom is 0.338 e. The molecule has 0 radical (unpaired) electrons. The molecule has 0 aromatic heterocycles. The molecule has 1 N–H and O–H groups in total. The van der Waals surface area contributed by atoms with Gasteiger partial charge in [0.15, 0.2) is 5.17 Å². The number of hydrogen-bond acceptors (Lipinski definition) is 6. The number of amidine groups is 1. The lowest BCUT2D eigenvalue weighted by atomic mass is 9.93. The molecule has 8 heteroatoms. The maximum atomic E-state index is 13.9. The average Bonchev–Trinajstić information content (AvgIpc) is 3.19. The van der Waals surface area contributed by atoms with Crippen LogP contribution in [0.4, 0.5) is 4.39 Å². The smallest absolute Gasteiger partial charge is 0.338 e. The van der Waals surface area contributed by atoms with Gasteiger partial charge in [-0.15, -0.1) is 0 Å². The number of amides is 1. The van der Waals surface area contributed by atoms with Crippen molar-refractivity contribution in [1.82, 2.24) is 10.2 Å². The van der Waals surface area contributed by atoms with Gasteiger partial charge in [0, 0.05) is 17.8 Å². The lowest BCUT2D eigenvalue weighted by Crippen LogP contribution is -2.38. The molecule has 2 aliphatic rings. The fourth-order valence-electron chi connectivity index (χ4n) is 4.04. The Bertz CT molecular complexity index is 1230. The molecule has 0 unspecified atom stereocenters. The van der Waals surface area contributed by atoms with E-state index in [1.807, 2.05) is 62.3 Å². The lowest BCUT2D eigenvalue weighted by Gasteiger charge is -2.36. The Hall–Kier alpha value is -3.39. The molecule has 182 valence electrons. The largest absolute Gasteiger partial charge is 0.459 e. The molecule has 2 heterocycles. The molecule has 6 nitrogen and oxygen atoms in total. The predicted molar refractivity (Wildman–Crippen MR) is 136 cm³/mol. The SMILES string of the molecule is CC1=C(C(=O)OC(C)C)[C@H](c2ccc(C)cc2)N2C(CC(=O)NCc3ccccc3F)=CSC2=N1. The topological polar surface area (TPSA) is 71.0 Å². The van der Waals surface area contributed by atoms with Crippen molar-refractivity contribution in [3.8, 4) is 0 Å². The van der Waals surface area contributed by atoms with E-state index in [1.54, 1.807) is 18.2 Å². The third-order valence-electron chi connectivity index (χ3n) is 5.73. The number of nitrogens with one attached hydrogen (secondary N) is 1. The summed E-state index contributed by atoms with van der Waals surface area (Å²) in [4.78, 5) is 32.6. The van der Waals surface area contributed by atoms with Gasteiger partial charge in [-0.1, -0.05) is 59.8 Å². The lowest BCUT2D eigenvalue weighted by molar-refractivity contribution is -0.143. The van der Waals surface area contributed by atoms with Gasteiger partial charge in [0.1, 0.15) is 5.82 Å². The molecule has 35 heavy (non-hydrogen) atoms. The summed E-state index contributed by atoms with van der Waals surface area (Å²) in [5.74, 6) is -1.03. The summed E-state index contributed by atoms with van der Waals surface area (Å²) in [5, 5.41) is 5.38. The molecule has 0 aliphatic carbocycles. The van der Waals surface area contributed by atoms with Crippen LogP contribution >= 0.6 is 11.8 Å². The highest BCUT2D eigenvalue weighted by atomic mass is 32.2. The first-order valence-electron chi connectivity index (χ1n) is 11.5. The Morgan fingerprint density at radius 1 is 1.14 bits per heavy atom. The molecular formula is C27H28FN3O3S. The quantitative estimate of drug-likeness (QED) is 0.526. The van der Waals surface area contributed by atoms with Crippen molar-refractivity contribution in [2.24, 2.45) is 4.99 Å². The van der Waals surface area contributed by atoms with Gasteiger partial charge in [0.05, 0.1) is 29.8 Å². The first-order valence-corrected chi connectivity index (χ1v) is 12.3. The highest BCUT2D eigenvalue weighted by Gasteiger charge is 2.41. The predicted octanol–water partition coefficient (Wildman–Crippen LogP) is 5.37. The number of ether oxygens (including phenoxy) is 1. The number of fused-ring (bicyclic) bond motifs is 1. The fraction of sp³-hybridized carbons (Fsp3) is 0.296. The van der Waals surface area contributed by atoms with Gasteiger partial charge in [-0.25, -0.2) is 14.2 Å².